The number of alkyl halides is 1. The molecule has 0 aliphatic heterocycles. The van der Waals surface area contributed by atoms with Crippen molar-refractivity contribution in [2.24, 2.45) is 0 Å². The highest BCUT2D eigenvalue weighted by Crippen LogP contribution is 2.52. The molecule has 0 spiro atoms. The molecule has 1 aliphatic rings. The van der Waals surface area contributed by atoms with Crippen LogP contribution in [0.5, 0.6) is 0 Å². The van der Waals surface area contributed by atoms with Crippen molar-refractivity contribution in [2.45, 2.75) is 23.0 Å². The predicted molar refractivity (Wildman–Crippen MR) is 47.1 cm³/mol. The van der Waals surface area contributed by atoms with Crippen molar-refractivity contribution in [2.75, 3.05) is 13.4 Å². The minimum atomic E-state index is -0.470. The van der Waals surface area contributed by atoms with Crippen LogP contribution in [0, 0.1) is 0 Å². The van der Waals surface area contributed by atoms with E-state index < -0.39 is 5.38 Å². The first kappa shape index (κ1) is 9.20. The van der Waals surface area contributed by atoms with Crippen molar-refractivity contribution < 1.29 is 9.53 Å². The van der Waals surface area contributed by atoms with Crippen LogP contribution in [-0.2, 0) is 9.53 Å². The van der Waals surface area contributed by atoms with Crippen molar-refractivity contribution in [3.63, 3.8) is 0 Å². The Labute approximate surface area is 75.6 Å². The molecule has 4 heteroatoms. The van der Waals surface area contributed by atoms with E-state index in [1.807, 2.05) is 6.26 Å². The van der Waals surface area contributed by atoms with Gasteiger partial charge in [0.1, 0.15) is 5.38 Å². The quantitative estimate of drug-likeness (QED) is 0.505. The van der Waals surface area contributed by atoms with E-state index >= 15 is 0 Å². The fraction of sp³-hybridized carbons (Fsp3) is 0.857. The molecule has 0 aromatic carbocycles. The molecule has 1 fully saturated rings. The molecule has 0 aromatic heterocycles. The number of rotatable bonds is 3. The Bertz CT molecular complexity index is 168. The van der Waals surface area contributed by atoms with Crippen molar-refractivity contribution in [1.82, 2.24) is 0 Å². The van der Waals surface area contributed by atoms with Crippen LogP contribution in [0.2, 0.25) is 0 Å². The predicted octanol–water partition coefficient (Wildman–Crippen LogP) is 1.66. The third-order valence-corrected chi connectivity index (χ3v) is 4.20. The standard InChI is InChI=1S/C7H11ClO2S/c1-10-6(9)5(8)7(11-2)3-4-7/h5H,3-4H2,1-2H3. The van der Waals surface area contributed by atoms with Gasteiger partial charge in [0.15, 0.2) is 0 Å². The Hall–Kier alpha value is 0.110. The van der Waals surface area contributed by atoms with Gasteiger partial charge < -0.3 is 4.74 Å². The molecule has 0 N–H and O–H groups in total. The summed E-state index contributed by atoms with van der Waals surface area (Å²) in [6.07, 6.45) is 4.03. The zero-order valence-electron chi connectivity index (χ0n) is 6.59. The number of thioether (sulfide) groups is 1. The Kier molecular flexibility index (Phi) is 2.70. The maximum Gasteiger partial charge on any atom is 0.325 e. The topological polar surface area (TPSA) is 26.3 Å². The summed E-state index contributed by atoms with van der Waals surface area (Å²) in [4.78, 5) is 11.0. The summed E-state index contributed by atoms with van der Waals surface area (Å²) in [5, 5.41) is -0.470. The van der Waals surface area contributed by atoms with Crippen molar-refractivity contribution in [3.05, 3.63) is 0 Å². The first-order valence-corrected chi connectivity index (χ1v) is 5.09. The minimum absolute atomic E-state index is 0.0192. The third kappa shape index (κ3) is 1.64. The molecule has 2 nitrogen and oxygen atoms in total. The van der Waals surface area contributed by atoms with Gasteiger partial charge in [0.2, 0.25) is 0 Å². The molecule has 0 heterocycles. The van der Waals surface area contributed by atoms with Crippen molar-refractivity contribution >= 4 is 29.3 Å². The summed E-state index contributed by atoms with van der Waals surface area (Å²) in [5.41, 5.74) is 0. The van der Waals surface area contributed by atoms with Crippen LogP contribution in [0.4, 0.5) is 0 Å². The fourth-order valence-corrected chi connectivity index (χ4v) is 2.39. The molecule has 0 radical (unpaired) electrons. The molecule has 0 aromatic rings. The van der Waals surface area contributed by atoms with Crippen LogP contribution in [0.1, 0.15) is 12.8 Å². The number of ether oxygens (including phenoxy) is 1. The molecule has 0 bridgehead atoms. The number of esters is 1. The van der Waals surface area contributed by atoms with Gasteiger partial charge in [0.25, 0.3) is 0 Å². The lowest BCUT2D eigenvalue weighted by Crippen LogP contribution is -2.29. The van der Waals surface area contributed by atoms with E-state index in [2.05, 4.69) is 4.74 Å². The second kappa shape index (κ2) is 3.23. The molecule has 1 unspecified atom stereocenters. The summed E-state index contributed by atoms with van der Waals surface area (Å²) < 4.78 is 4.54. The summed E-state index contributed by atoms with van der Waals surface area (Å²) >= 11 is 7.55. The molecule has 64 valence electrons. The number of hydrogen-bond acceptors (Lipinski definition) is 3. The van der Waals surface area contributed by atoms with Gasteiger partial charge in [-0.1, -0.05) is 0 Å². The van der Waals surface area contributed by atoms with Gasteiger partial charge in [-0.3, -0.25) is 4.79 Å². The van der Waals surface area contributed by atoms with E-state index in [4.69, 9.17) is 11.6 Å². The molecule has 11 heavy (non-hydrogen) atoms. The maximum absolute atomic E-state index is 11.0. The van der Waals surface area contributed by atoms with E-state index in [-0.39, 0.29) is 10.7 Å². The Morgan fingerprint density at radius 3 is 2.55 bits per heavy atom. The van der Waals surface area contributed by atoms with E-state index in [1.54, 1.807) is 11.8 Å². The van der Waals surface area contributed by atoms with Gasteiger partial charge >= 0.3 is 5.97 Å². The van der Waals surface area contributed by atoms with Gasteiger partial charge in [-0.15, -0.1) is 11.6 Å². The monoisotopic (exact) mass is 194 g/mol. The van der Waals surface area contributed by atoms with Crippen molar-refractivity contribution in [1.29, 1.82) is 0 Å². The summed E-state index contributed by atoms with van der Waals surface area (Å²) in [7, 11) is 1.37. The second-order valence-electron chi connectivity index (χ2n) is 2.65. The van der Waals surface area contributed by atoms with Crippen LogP contribution >= 0.6 is 23.4 Å². The number of methoxy groups -OCH3 is 1. The molecule has 1 saturated carbocycles. The SMILES string of the molecule is COC(=O)C(Cl)C1(SC)CC1. The normalized spacial score (nSPS) is 22.5. The van der Waals surface area contributed by atoms with Gasteiger partial charge in [0.05, 0.1) is 7.11 Å². The highest BCUT2D eigenvalue weighted by Gasteiger charge is 2.51. The first-order chi connectivity index (χ1) is 5.16. The lowest BCUT2D eigenvalue weighted by molar-refractivity contribution is -0.140. The molecule has 1 rings (SSSR count). The molecule has 0 saturated heterocycles. The van der Waals surface area contributed by atoms with Crippen molar-refractivity contribution in [3.8, 4) is 0 Å². The molecule has 0 amide bonds. The summed E-state index contributed by atoms with van der Waals surface area (Å²) in [6, 6.07) is 0. The van der Waals surface area contributed by atoms with E-state index in [0.717, 1.165) is 12.8 Å². The Morgan fingerprint density at radius 2 is 2.27 bits per heavy atom. The largest absolute Gasteiger partial charge is 0.468 e. The van der Waals surface area contributed by atoms with Crippen LogP contribution in [-0.4, -0.2) is 29.5 Å². The van der Waals surface area contributed by atoms with Crippen LogP contribution in [0.25, 0.3) is 0 Å². The summed E-state index contributed by atoms with van der Waals surface area (Å²) in [5.74, 6) is -0.307. The van der Waals surface area contributed by atoms with Gasteiger partial charge in [0, 0.05) is 4.75 Å². The Balaban J connectivity index is 2.53. The van der Waals surface area contributed by atoms with Crippen LogP contribution in [0.15, 0.2) is 0 Å². The number of halogens is 1. The lowest BCUT2D eigenvalue weighted by atomic mass is 10.3. The van der Waals surface area contributed by atoms with Gasteiger partial charge in [-0.05, 0) is 19.1 Å². The zero-order chi connectivity index (χ0) is 8.48. The molecule has 1 aliphatic carbocycles. The maximum atomic E-state index is 11.0. The average Bonchev–Trinajstić information content (AvgIpc) is 2.82. The highest BCUT2D eigenvalue weighted by molar-refractivity contribution is 8.00. The average molecular weight is 195 g/mol. The van der Waals surface area contributed by atoms with E-state index in [1.165, 1.54) is 7.11 Å². The first-order valence-electron chi connectivity index (χ1n) is 3.43. The third-order valence-electron chi connectivity index (χ3n) is 2.02. The number of hydrogen-bond donors (Lipinski definition) is 0. The zero-order valence-corrected chi connectivity index (χ0v) is 8.17. The number of carbonyl (C=O) groups excluding carboxylic acids is 1. The second-order valence-corrected chi connectivity index (χ2v) is 4.31. The van der Waals surface area contributed by atoms with Gasteiger partial charge in [-0.2, -0.15) is 11.8 Å². The molecule has 1 atom stereocenters. The molecular formula is C7H11ClO2S. The number of carbonyl (C=O) groups is 1. The van der Waals surface area contributed by atoms with E-state index in [9.17, 15) is 4.79 Å². The van der Waals surface area contributed by atoms with E-state index in [0.29, 0.717) is 0 Å². The fourth-order valence-electron chi connectivity index (χ4n) is 1.00. The smallest absolute Gasteiger partial charge is 0.325 e. The summed E-state index contributed by atoms with van der Waals surface area (Å²) in [6.45, 7) is 0. The molecular weight excluding hydrogens is 184 g/mol. The van der Waals surface area contributed by atoms with Crippen LogP contribution < -0.4 is 0 Å². The van der Waals surface area contributed by atoms with Crippen LogP contribution in [0.3, 0.4) is 0 Å². The minimum Gasteiger partial charge on any atom is -0.468 e. The lowest BCUT2D eigenvalue weighted by Gasteiger charge is -2.15. The highest BCUT2D eigenvalue weighted by atomic mass is 35.5. The van der Waals surface area contributed by atoms with Gasteiger partial charge in [-0.25, -0.2) is 0 Å². The Morgan fingerprint density at radius 1 is 1.73 bits per heavy atom.